The highest BCUT2D eigenvalue weighted by molar-refractivity contribution is 7.90. The van der Waals surface area contributed by atoms with Crippen LogP contribution in [0.5, 0.6) is 0 Å². The molecule has 2 fully saturated rings. The fourth-order valence-corrected chi connectivity index (χ4v) is 6.63. The molecule has 3 aromatic rings. The lowest BCUT2D eigenvalue weighted by atomic mass is 9.97. The van der Waals surface area contributed by atoms with Crippen molar-refractivity contribution in [1.82, 2.24) is 29.3 Å². The monoisotopic (exact) mass is 643 g/mol. The molecule has 1 atom stereocenters. The number of alkyl halides is 3. The molecule has 236 valence electrons. The standard InChI is InChI=1S/C27H34F3N7O4S.H2S/c1-17-12-25(3,4)36(14-17)23-20(24(38)34-42(39,40)21-13-31-35(5)18(21)2)6-7-22(32-23)37-11-8-19(33-37)15-41-16-26(9-10-26)27(28,29)30;/h6-8,11,13,17H,9-10,12,14-16H2,1-5H3,(H,34,38);1H2/t17-;/m0./s1. The lowest BCUT2D eigenvalue weighted by Gasteiger charge is -2.34. The second-order valence-electron chi connectivity index (χ2n) is 11.9. The largest absolute Gasteiger partial charge is 0.396 e. The summed E-state index contributed by atoms with van der Waals surface area (Å²) in [5.41, 5.74) is -1.26. The first-order valence-corrected chi connectivity index (χ1v) is 15.1. The molecule has 1 N–H and O–H groups in total. The number of carbonyl (C=O) groups excluding carboxylic acids is 1. The number of pyridine rings is 1. The van der Waals surface area contributed by atoms with Gasteiger partial charge in [-0.25, -0.2) is 22.8 Å². The van der Waals surface area contributed by atoms with Crippen molar-refractivity contribution in [1.29, 1.82) is 0 Å². The Balaban J connectivity index is 0.00000423. The minimum atomic E-state index is -4.29. The van der Waals surface area contributed by atoms with Crippen LogP contribution < -0.4 is 9.62 Å². The van der Waals surface area contributed by atoms with E-state index in [0.717, 1.165) is 6.42 Å². The fourth-order valence-electron chi connectivity index (χ4n) is 5.46. The smallest absolute Gasteiger partial charge is 0.374 e. The number of carbonyl (C=O) groups is 1. The first-order valence-electron chi connectivity index (χ1n) is 13.6. The van der Waals surface area contributed by atoms with Gasteiger partial charge in [-0.05, 0) is 64.2 Å². The Bertz CT molecular complexity index is 1610. The second kappa shape index (κ2) is 11.4. The molecular formula is C27H36F3N7O4S2. The van der Waals surface area contributed by atoms with Gasteiger partial charge in [-0.15, -0.1) is 0 Å². The number of rotatable bonds is 9. The molecular weight excluding hydrogens is 607 g/mol. The number of aryl methyl sites for hydroxylation is 1. The van der Waals surface area contributed by atoms with E-state index in [9.17, 15) is 26.4 Å². The van der Waals surface area contributed by atoms with Gasteiger partial charge in [0.1, 0.15) is 10.7 Å². The number of amides is 1. The van der Waals surface area contributed by atoms with Gasteiger partial charge in [-0.2, -0.15) is 36.9 Å². The average Bonchev–Trinajstić information content (AvgIpc) is 3.27. The summed E-state index contributed by atoms with van der Waals surface area (Å²) in [4.78, 5) is 20.1. The molecule has 1 aliphatic heterocycles. The number of anilines is 1. The van der Waals surface area contributed by atoms with Crippen LogP contribution in [0.15, 0.2) is 35.5 Å². The minimum Gasteiger partial charge on any atom is -0.374 e. The Labute approximate surface area is 255 Å². The van der Waals surface area contributed by atoms with E-state index in [-0.39, 0.29) is 48.9 Å². The van der Waals surface area contributed by atoms with Gasteiger partial charge in [-0.1, -0.05) is 6.92 Å². The number of sulfonamides is 1. The van der Waals surface area contributed by atoms with Crippen LogP contribution in [0.1, 0.15) is 61.8 Å². The van der Waals surface area contributed by atoms with Crippen LogP contribution in [0.3, 0.4) is 0 Å². The highest BCUT2D eigenvalue weighted by atomic mass is 32.2. The zero-order valence-corrected chi connectivity index (χ0v) is 26.4. The molecule has 3 aromatic heterocycles. The summed E-state index contributed by atoms with van der Waals surface area (Å²) in [7, 11) is -2.61. The highest BCUT2D eigenvalue weighted by Gasteiger charge is 2.63. The number of hydrogen-bond acceptors (Lipinski definition) is 8. The SMILES string of the molecule is Cc1c(S(=O)(=O)NC(=O)c2ccc(-n3ccc(COCC4(C(F)(F)F)CC4)n3)nc2N2C[C@@H](C)CC2(C)C)cnn1C.S. The Kier molecular flexibility index (Phi) is 8.72. The molecule has 1 amide bonds. The number of hydrogen-bond donors (Lipinski definition) is 1. The van der Waals surface area contributed by atoms with Gasteiger partial charge in [-0.3, -0.25) is 9.48 Å². The molecule has 1 aliphatic carbocycles. The third kappa shape index (κ3) is 6.41. The van der Waals surface area contributed by atoms with Gasteiger partial charge < -0.3 is 9.64 Å². The van der Waals surface area contributed by atoms with Crippen molar-refractivity contribution in [3.05, 3.63) is 47.5 Å². The molecule has 0 unspecified atom stereocenters. The third-order valence-corrected chi connectivity index (χ3v) is 9.54. The van der Waals surface area contributed by atoms with Gasteiger partial charge in [0, 0.05) is 25.3 Å². The fraction of sp³-hybridized carbons (Fsp3) is 0.556. The second-order valence-corrected chi connectivity index (χ2v) is 13.6. The summed E-state index contributed by atoms with van der Waals surface area (Å²) in [6, 6.07) is 4.66. The predicted octanol–water partition coefficient (Wildman–Crippen LogP) is 4.02. The highest BCUT2D eigenvalue weighted by Crippen LogP contribution is 2.57. The van der Waals surface area contributed by atoms with Crippen molar-refractivity contribution >= 4 is 35.2 Å². The number of nitrogens with zero attached hydrogens (tertiary/aromatic N) is 6. The molecule has 43 heavy (non-hydrogen) atoms. The summed E-state index contributed by atoms with van der Waals surface area (Å²) in [6.45, 7) is 7.81. The molecule has 0 radical (unpaired) electrons. The molecule has 11 nitrogen and oxygen atoms in total. The maximum atomic E-state index is 13.4. The number of halogens is 3. The summed E-state index contributed by atoms with van der Waals surface area (Å²) in [6.07, 6.45) is -0.550. The molecule has 0 spiro atoms. The lowest BCUT2D eigenvalue weighted by molar-refractivity contribution is -0.202. The maximum absolute atomic E-state index is 13.4. The molecule has 1 saturated heterocycles. The summed E-state index contributed by atoms with van der Waals surface area (Å²) < 4.78 is 76.1. The van der Waals surface area contributed by atoms with Crippen molar-refractivity contribution < 1.29 is 31.1 Å². The third-order valence-electron chi connectivity index (χ3n) is 8.10. The van der Waals surface area contributed by atoms with Gasteiger partial charge in [0.2, 0.25) is 0 Å². The van der Waals surface area contributed by atoms with E-state index in [1.807, 2.05) is 18.7 Å². The zero-order valence-electron chi connectivity index (χ0n) is 24.6. The van der Waals surface area contributed by atoms with Gasteiger partial charge >= 0.3 is 6.18 Å². The van der Waals surface area contributed by atoms with Crippen LogP contribution in [0, 0.1) is 18.3 Å². The number of aromatic nitrogens is 5. The minimum absolute atomic E-state index is 0. The number of nitrogens with one attached hydrogen (secondary N) is 1. The Hall–Kier alpha value is -3.11. The van der Waals surface area contributed by atoms with Gasteiger partial charge in [0.05, 0.1) is 41.8 Å². The molecule has 1 saturated carbocycles. The van der Waals surface area contributed by atoms with Crippen LogP contribution in [0.25, 0.3) is 5.82 Å². The molecule has 0 aromatic carbocycles. The molecule has 0 bridgehead atoms. The van der Waals surface area contributed by atoms with Crippen LogP contribution in [-0.2, 0) is 28.4 Å². The van der Waals surface area contributed by atoms with Crippen molar-refractivity contribution in [3.63, 3.8) is 0 Å². The van der Waals surface area contributed by atoms with Gasteiger partial charge in [0.15, 0.2) is 5.82 Å². The molecule has 2 aliphatic rings. The average molecular weight is 644 g/mol. The Morgan fingerprint density at radius 2 is 1.91 bits per heavy atom. The van der Waals surface area contributed by atoms with Crippen molar-refractivity contribution in [2.45, 2.75) is 70.2 Å². The van der Waals surface area contributed by atoms with E-state index >= 15 is 0 Å². The Morgan fingerprint density at radius 1 is 1.21 bits per heavy atom. The van der Waals surface area contributed by atoms with E-state index in [1.165, 1.54) is 27.7 Å². The van der Waals surface area contributed by atoms with Crippen LogP contribution >= 0.6 is 13.5 Å². The first kappa shape index (κ1) is 32.8. The topological polar surface area (TPSA) is 124 Å². The predicted molar refractivity (Wildman–Crippen MR) is 157 cm³/mol. The van der Waals surface area contributed by atoms with Crippen molar-refractivity contribution in [3.8, 4) is 5.82 Å². The van der Waals surface area contributed by atoms with E-state index in [1.54, 1.807) is 26.2 Å². The quantitative estimate of drug-likeness (QED) is 0.371. The maximum Gasteiger partial charge on any atom is 0.396 e. The molecule has 4 heterocycles. The van der Waals surface area contributed by atoms with E-state index in [2.05, 4.69) is 21.8 Å². The van der Waals surface area contributed by atoms with Crippen LogP contribution in [0.4, 0.5) is 19.0 Å². The normalized spacial score (nSPS) is 19.3. The number of ether oxygens (including phenoxy) is 1. The molecule has 16 heteroatoms. The summed E-state index contributed by atoms with van der Waals surface area (Å²) in [5, 5.41) is 8.37. The first-order chi connectivity index (χ1) is 19.5. The zero-order chi connectivity index (χ0) is 30.7. The van der Waals surface area contributed by atoms with E-state index < -0.39 is 34.1 Å². The van der Waals surface area contributed by atoms with Crippen LogP contribution in [0.2, 0.25) is 0 Å². The van der Waals surface area contributed by atoms with Crippen molar-refractivity contribution in [2.75, 3.05) is 18.1 Å². The Morgan fingerprint density at radius 3 is 2.47 bits per heavy atom. The van der Waals surface area contributed by atoms with Gasteiger partial charge in [0.25, 0.3) is 15.9 Å². The molecule has 5 rings (SSSR count). The summed E-state index contributed by atoms with van der Waals surface area (Å²) in [5.74, 6) is 0.105. The van der Waals surface area contributed by atoms with E-state index in [4.69, 9.17) is 9.72 Å². The lowest BCUT2D eigenvalue weighted by Crippen LogP contribution is -2.41. The van der Waals surface area contributed by atoms with E-state index in [0.29, 0.717) is 35.5 Å². The van der Waals surface area contributed by atoms with Crippen molar-refractivity contribution in [2.24, 2.45) is 18.4 Å². The van der Waals surface area contributed by atoms with Crippen LogP contribution in [-0.4, -0.2) is 63.7 Å². The summed E-state index contributed by atoms with van der Waals surface area (Å²) >= 11 is 0.